The van der Waals surface area contributed by atoms with E-state index in [2.05, 4.69) is 26.3 Å². The van der Waals surface area contributed by atoms with E-state index in [9.17, 15) is 5.26 Å². The van der Waals surface area contributed by atoms with Crippen molar-refractivity contribution in [1.82, 2.24) is 9.97 Å². The van der Waals surface area contributed by atoms with Crippen molar-refractivity contribution in [2.45, 2.75) is 19.8 Å². The van der Waals surface area contributed by atoms with E-state index in [1.165, 1.54) is 6.33 Å². The molecule has 7 heteroatoms. The molecule has 1 atom stereocenters. The Balaban J connectivity index is 1.81. The van der Waals surface area contributed by atoms with Gasteiger partial charge >= 0.3 is 0 Å². The van der Waals surface area contributed by atoms with Crippen LogP contribution in [0.2, 0.25) is 0 Å². The molecule has 0 saturated carbocycles. The van der Waals surface area contributed by atoms with Crippen LogP contribution >= 0.6 is 0 Å². The number of benzene rings is 1. The van der Waals surface area contributed by atoms with Gasteiger partial charge < -0.3 is 19.7 Å². The molecule has 0 spiro atoms. The molecule has 136 valence electrons. The second-order valence-electron chi connectivity index (χ2n) is 6.65. The fourth-order valence-corrected chi connectivity index (χ4v) is 3.15. The molecule has 0 amide bonds. The van der Waals surface area contributed by atoms with Gasteiger partial charge in [0.1, 0.15) is 29.5 Å². The third-order valence-electron chi connectivity index (χ3n) is 4.61. The van der Waals surface area contributed by atoms with Crippen LogP contribution < -0.4 is 19.7 Å². The summed E-state index contributed by atoms with van der Waals surface area (Å²) in [5.74, 6) is 2.87. The fourth-order valence-electron chi connectivity index (χ4n) is 3.15. The third-order valence-corrected chi connectivity index (χ3v) is 4.61. The Morgan fingerprint density at radius 1 is 1.23 bits per heavy atom. The maximum atomic E-state index is 9.42. The zero-order valence-electron chi connectivity index (χ0n) is 15.3. The maximum absolute atomic E-state index is 9.42. The van der Waals surface area contributed by atoms with E-state index in [0.29, 0.717) is 18.1 Å². The minimum atomic E-state index is -0.337. The Labute approximate surface area is 153 Å². The van der Waals surface area contributed by atoms with Crippen LogP contribution in [-0.4, -0.2) is 37.3 Å². The lowest BCUT2D eigenvalue weighted by Crippen LogP contribution is -2.41. The molecule has 0 aliphatic carbocycles. The summed E-state index contributed by atoms with van der Waals surface area (Å²) < 4.78 is 10.6. The topological polar surface area (TPSA) is 83.3 Å². The number of aromatic nitrogens is 2. The molecule has 1 aliphatic rings. The molecule has 1 aromatic carbocycles. The molecule has 3 rings (SSSR count). The SMILES string of the molecule is COc1ccc(Nc2cc(N3CCCC(C)(C#N)C3)ncn2)c(OC)c1. The Kier molecular flexibility index (Phi) is 5.12. The molecular weight excluding hydrogens is 330 g/mol. The predicted octanol–water partition coefficient (Wildman–Crippen LogP) is 3.37. The van der Waals surface area contributed by atoms with E-state index in [0.717, 1.165) is 36.6 Å². The van der Waals surface area contributed by atoms with Gasteiger partial charge in [0.15, 0.2) is 0 Å². The number of hydrogen-bond acceptors (Lipinski definition) is 7. The Hall–Kier alpha value is -3.01. The first-order valence-corrected chi connectivity index (χ1v) is 8.54. The second-order valence-corrected chi connectivity index (χ2v) is 6.65. The highest BCUT2D eigenvalue weighted by atomic mass is 16.5. The van der Waals surface area contributed by atoms with Gasteiger partial charge in [0.2, 0.25) is 0 Å². The Morgan fingerprint density at radius 3 is 2.81 bits per heavy atom. The van der Waals surface area contributed by atoms with Gasteiger partial charge in [-0.3, -0.25) is 0 Å². The summed E-state index contributed by atoms with van der Waals surface area (Å²) in [6, 6.07) is 9.88. The van der Waals surface area contributed by atoms with Crippen molar-refractivity contribution in [2.24, 2.45) is 5.41 Å². The lowest BCUT2D eigenvalue weighted by Gasteiger charge is -2.36. The number of nitriles is 1. The first kappa shape index (κ1) is 17.8. The number of nitrogens with one attached hydrogen (secondary N) is 1. The summed E-state index contributed by atoms with van der Waals surface area (Å²) in [5, 5.41) is 12.7. The predicted molar refractivity (Wildman–Crippen MR) is 100 cm³/mol. The molecule has 1 fully saturated rings. The largest absolute Gasteiger partial charge is 0.497 e. The van der Waals surface area contributed by atoms with Crippen molar-refractivity contribution >= 4 is 17.3 Å². The lowest BCUT2D eigenvalue weighted by molar-refractivity contribution is 0.348. The summed E-state index contributed by atoms with van der Waals surface area (Å²) in [4.78, 5) is 10.8. The Morgan fingerprint density at radius 2 is 2.08 bits per heavy atom. The summed E-state index contributed by atoms with van der Waals surface area (Å²) in [7, 11) is 3.23. The van der Waals surface area contributed by atoms with Crippen LogP contribution in [0.1, 0.15) is 19.8 Å². The van der Waals surface area contributed by atoms with E-state index >= 15 is 0 Å². The van der Waals surface area contributed by atoms with Crippen LogP contribution in [0, 0.1) is 16.7 Å². The molecule has 2 aromatic rings. The van der Waals surface area contributed by atoms with Gasteiger partial charge in [-0.05, 0) is 31.9 Å². The van der Waals surface area contributed by atoms with Crippen LogP contribution in [0.5, 0.6) is 11.5 Å². The second kappa shape index (κ2) is 7.48. The van der Waals surface area contributed by atoms with Crippen molar-refractivity contribution in [3.8, 4) is 17.6 Å². The maximum Gasteiger partial charge on any atom is 0.146 e. The van der Waals surface area contributed by atoms with Gasteiger partial charge in [-0.15, -0.1) is 0 Å². The standard InChI is InChI=1S/C19H23N5O2/c1-19(11-20)7-4-8-24(12-19)18-10-17(21-13-22-18)23-15-6-5-14(25-2)9-16(15)26-3/h5-6,9-10,13H,4,7-8,12H2,1-3H3,(H,21,22,23). The van der Waals surface area contributed by atoms with Crippen LogP contribution in [0.25, 0.3) is 0 Å². The van der Waals surface area contributed by atoms with Crippen LogP contribution in [0.4, 0.5) is 17.3 Å². The molecule has 1 aliphatic heterocycles. The smallest absolute Gasteiger partial charge is 0.146 e. The first-order valence-electron chi connectivity index (χ1n) is 8.54. The summed E-state index contributed by atoms with van der Waals surface area (Å²) in [5.41, 5.74) is 0.453. The van der Waals surface area contributed by atoms with Crippen molar-refractivity contribution in [3.05, 3.63) is 30.6 Å². The molecule has 26 heavy (non-hydrogen) atoms. The molecule has 1 saturated heterocycles. The van der Waals surface area contributed by atoms with E-state index in [1.54, 1.807) is 14.2 Å². The number of hydrogen-bond donors (Lipinski definition) is 1. The van der Waals surface area contributed by atoms with Crippen molar-refractivity contribution in [2.75, 3.05) is 37.5 Å². The molecule has 2 heterocycles. The van der Waals surface area contributed by atoms with Gasteiger partial charge in [-0.2, -0.15) is 5.26 Å². The quantitative estimate of drug-likeness (QED) is 0.882. The van der Waals surface area contributed by atoms with E-state index in [4.69, 9.17) is 9.47 Å². The normalized spacial score (nSPS) is 19.5. The third kappa shape index (κ3) is 3.80. The summed E-state index contributed by atoms with van der Waals surface area (Å²) in [6.07, 6.45) is 3.42. The first-order chi connectivity index (χ1) is 12.6. The molecular formula is C19H23N5O2. The van der Waals surface area contributed by atoms with Crippen molar-refractivity contribution in [3.63, 3.8) is 0 Å². The number of rotatable bonds is 5. The summed E-state index contributed by atoms with van der Waals surface area (Å²) in [6.45, 7) is 3.56. The molecule has 0 bridgehead atoms. The van der Waals surface area contributed by atoms with Crippen LogP contribution in [0.3, 0.4) is 0 Å². The number of methoxy groups -OCH3 is 2. The van der Waals surface area contributed by atoms with E-state index < -0.39 is 0 Å². The average molecular weight is 353 g/mol. The van der Waals surface area contributed by atoms with Gasteiger partial charge in [-0.1, -0.05) is 0 Å². The van der Waals surface area contributed by atoms with Crippen molar-refractivity contribution in [1.29, 1.82) is 5.26 Å². The van der Waals surface area contributed by atoms with E-state index in [-0.39, 0.29) is 5.41 Å². The van der Waals surface area contributed by atoms with Crippen LogP contribution in [-0.2, 0) is 0 Å². The van der Waals surface area contributed by atoms with E-state index in [1.807, 2.05) is 31.2 Å². The molecule has 0 radical (unpaired) electrons. The monoisotopic (exact) mass is 353 g/mol. The number of anilines is 3. The minimum Gasteiger partial charge on any atom is -0.497 e. The highest BCUT2D eigenvalue weighted by molar-refractivity contribution is 5.67. The highest BCUT2D eigenvalue weighted by Crippen LogP contribution is 2.33. The average Bonchev–Trinajstić information content (AvgIpc) is 2.68. The molecule has 1 N–H and O–H groups in total. The van der Waals surface area contributed by atoms with Crippen LogP contribution in [0.15, 0.2) is 30.6 Å². The van der Waals surface area contributed by atoms with Gasteiger partial charge in [0, 0.05) is 25.2 Å². The fraction of sp³-hybridized carbons (Fsp3) is 0.421. The number of nitrogens with zero attached hydrogens (tertiary/aromatic N) is 4. The molecule has 1 aromatic heterocycles. The lowest BCUT2D eigenvalue weighted by atomic mass is 9.83. The zero-order valence-corrected chi connectivity index (χ0v) is 15.3. The van der Waals surface area contributed by atoms with Gasteiger partial charge in [0.25, 0.3) is 0 Å². The Bertz CT molecular complexity index is 820. The van der Waals surface area contributed by atoms with Gasteiger partial charge in [-0.25, -0.2) is 9.97 Å². The van der Waals surface area contributed by atoms with Gasteiger partial charge in [0.05, 0.1) is 31.4 Å². The van der Waals surface area contributed by atoms with Crippen molar-refractivity contribution < 1.29 is 9.47 Å². The molecule has 1 unspecified atom stereocenters. The highest BCUT2D eigenvalue weighted by Gasteiger charge is 2.31. The summed E-state index contributed by atoms with van der Waals surface area (Å²) >= 11 is 0. The molecule has 7 nitrogen and oxygen atoms in total. The minimum absolute atomic E-state index is 0.337. The number of ether oxygens (including phenoxy) is 2. The zero-order chi connectivity index (χ0) is 18.6. The number of piperidine rings is 1.